The van der Waals surface area contributed by atoms with Crippen molar-refractivity contribution >= 4 is 16.8 Å². The van der Waals surface area contributed by atoms with Crippen LogP contribution in [-0.2, 0) is 0 Å². The number of β-amino-alcohol motifs (C(OH)–C–C–N with tert-alkyl or cyclic N) is 1. The van der Waals surface area contributed by atoms with Gasteiger partial charge in [0.15, 0.2) is 0 Å². The van der Waals surface area contributed by atoms with E-state index >= 15 is 0 Å². The van der Waals surface area contributed by atoms with Crippen molar-refractivity contribution in [3.8, 4) is 0 Å². The summed E-state index contributed by atoms with van der Waals surface area (Å²) in [5, 5.41) is 11.0. The number of nitrogens with zero attached hydrogens (tertiary/aromatic N) is 2. The lowest BCUT2D eigenvalue weighted by atomic mass is 9.98. The second-order valence-corrected chi connectivity index (χ2v) is 7.06. The van der Waals surface area contributed by atoms with E-state index in [0.29, 0.717) is 6.04 Å². The fourth-order valence-electron chi connectivity index (χ4n) is 4.18. The number of aliphatic hydroxyl groups excluding tert-OH is 1. The number of rotatable bonds is 2. The average molecular weight is 327 g/mol. The number of piperidine rings is 2. The van der Waals surface area contributed by atoms with Crippen LogP contribution in [-0.4, -0.2) is 64.1 Å². The van der Waals surface area contributed by atoms with Gasteiger partial charge in [-0.15, -0.1) is 0 Å². The largest absolute Gasteiger partial charge is 0.392 e. The fourth-order valence-corrected chi connectivity index (χ4v) is 4.18. The Morgan fingerprint density at radius 3 is 2.75 bits per heavy atom. The maximum absolute atomic E-state index is 12.9. The van der Waals surface area contributed by atoms with E-state index < -0.39 is 0 Å². The zero-order valence-electron chi connectivity index (χ0n) is 13.9. The lowest BCUT2D eigenvalue weighted by Gasteiger charge is -2.41. The Morgan fingerprint density at radius 2 is 1.96 bits per heavy atom. The summed E-state index contributed by atoms with van der Waals surface area (Å²) in [7, 11) is 0. The Bertz CT molecular complexity index is 718. The molecular formula is C19H25N3O2. The molecule has 2 N–H and O–H groups in total. The van der Waals surface area contributed by atoms with Gasteiger partial charge < -0.3 is 15.0 Å². The summed E-state index contributed by atoms with van der Waals surface area (Å²) < 4.78 is 0. The highest BCUT2D eigenvalue weighted by Crippen LogP contribution is 2.24. The van der Waals surface area contributed by atoms with Gasteiger partial charge in [0.2, 0.25) is 0 Å². The van der Waals surface area contributed by atoms with Gasteiger partial charge >= 0.3 is 0 Å². The molecule has 5 nitrogen and oxygen atoms in total. The van der Waals surface area contributed by atoms with E-state index in [1.54, 1.807) is 0 Å². The molecule has 2 aliphatic rings. The van der Waals surface area contributed by atoms with E-state index in [4.69, 9.17) is 0 Å². The topological polar surface area (TPSA) is 59.6 Å². The number of H-pyrrole nitrogens is 1. The van der Waals surface area contributed by atoms with Crippen LogP contribution >= 0.6 is 0 Å². The number of amides is 1. The molecule has 2 fully saturated rings. The van der Waals surface area contributed by atoms with Crippen molar-refractivity contribution in [1.82, 2.24) is 14.8 Å². The zero-order valence-corrected chi connectivity index (χ0v) is 13.9. The molecule has 2 aliphatic heterocycles. The third-order valence-electron chi connectivity index (χ3n) is 5.51. The predicted molar refractivity (Wildman–Crippen MR) is 94.0 cm³/mol. The van der Waals surface area contributed by atoms with Gasteiger partial charge in [-0.25, -0.2) is 0 Å². The number of fused-ring (bicyclic) bond motifs is 1. The molecule has 4 rings (SSSR count). The van der Waals surface area contributed by atoms with E-state index in [-0.39, 0.29) is 12.0 Å². The highest BCUT2D eigenvalue weighted by Gasteiger charge is 2.30. The van der Waals surface area contributed by atoms with E-state index in [1.165, 1.54) is 0 Å². The molecule has 24 heavy (non-hydrogen) atoms. The molecule has 1 aromatic carbocycles. The molecule has 2 saturated heterocycles. The van der Waals surface area contributed by atoms with Crippen LogP contribution in [0, 0.1) is 0 Å². The number of aromatic amines is 1. The van der Waals surface area contributed by atoms with Crippen molar-refractivity contribution in [2.24, 2.45) is 0 Å². The Hall–Kier alpha value is -1.85. The van der Waals surface area contributed by atoms with Crippen LogP contribution in [0.2, 0.25) is 0 Å². The summed E-state index contributed by atoms with van der Waals surface area (Å²) in [6.07, 6.45) is 5.71. The van der Waals surface area contributed by atoms with Crippen molar-refractivity contribution in [2.75, 3.05) is 26.2 Å². The normalized spacial score (nSPS) is 23.7. The van der Waals surface area contributed by atoms with Crippen LogP contribution in [0.3, 0.4) is 0 Å². The van der Waals surface area contributed by atoms with E-state index in [2.05, 4.69) is 9.88 Å². The maximum atomic E-state index is 12.9. The molecule has 1 aromatic heterocycles. The van der Waals surface area contributed by atoms with Crippen molar-refractivity contribution < 1.29 is 9.90 Å². The Morgan fingerprint density at radius 1 is 1.12 bits per heavy atom. The van der Waals surface area contributed by atoms with Gasteiger partial charge in [0.05, 0.1) is 17.2 Å². The molecule has 5 heteroatoms. The summed E-state index contributed by atoms with van der Waals surface area (Å²) in [6.45, 7) is 3.47. The van der Waals surface area contributed by atoms with Gasteiger partial charge in [0.25, 0.3) is 5.91 Å². The standard InChI is InChI=1S/C19H25N3O2/c23-16-4-2-10-22(13-16)15-7-11-21(12-8-15)19(24)17-5-1-3-14-6-9-20-18(14)17/h1,3,5-6,9,15-16,20,23H,2,4,7-8,10-13H2/t16-/m1/s1. The average Bonchev–Trinajstić information content (AvgIpc) is 3.10. The number of benzene rings is 1. The second kappa shape index (κ2) is 6.57. The highest BCUT2D eigenvalue weighted by molar-refractivity contribution is 6.05. The first-order valence-electron chi connectivity index (χ1n) is 9.00. The van der Waals surface area contributed by atoms with Crippen molar-refractivity contribution in [2.45, 2.75) is 37.8 Å². The Balaban J connectivity index is 1.42. The van der Waals surface area contributed by atoms with Gasteiger partial charge in [-0.05, 0) is 44.4 Å². The number of aromatic nitrogens is 1. The fraction of sp³-hybridized carbons (Fsp3) is 0.526. The van der Waals surface area contributed by atoms with Crippen LogP contribution in [0.5, 0.6) is 0 Å². The van der Waals surface area contributed by atoms with Crippen LogP contribution < -0.4 is 0 Å². The first-order valence-corrected chi connectivity index (χ1v) is 9.00. The molecule has 0 bridgehead atoms. The van der Waals surface area contributed by atoms with E-state index in [9.17, 15) is 9.90 Å². The third-order valence-corrected chi connectivity index (χ3v) is 5.51. The summed E-state index contributed by atoms with van der Waals surface area (Å²) >= 11 is 0. The minimum Gasteiger partial charge on any atom is -0.392 e. The minimum atomic E-state index is -0.177. The highest BCUT2D eigenvalue weighted by atomic mass is 16.3. The number of nitrogens with one attached hydrogen (secondary N) is 1. The van der Waals surface area contributed by atoms with Crippen molar-refractivity contribution in [1.29, 1.82) is 0 Å². The summed E-state index contributed by atoms with van der Waals surface area (Å²) in [5.41, 5.74) is 1.70. The minimum absolute atomic E-state index is 0.125. The Labute approximate surface area is 142 Å². The van der Waals surface area contributed by atoms with Crippen LogP contribution in [0.1, 0.15) is 36.0 Å². The zero-order chi connectivity index (χ0) is 16.5. The van der Waals surface area contributed by atoms with Gasteiger partial charge in [-0.1, -0.05) is 12.1 Å². The van der Waals surface area contributed by atoms with E-state index in [0.717, 1.165) is 68.3 Å². The number of hydrogen-bond donors (Lipinski definition) is 2. The number of carbonyl (C=O) groups is 1. The first-order chi connectivity index (χ1) is 11.7. The Kier molecular flexibility index (Phi) is 4.29. The SMILES string of the molecule is O=C(c1cccc2cc[nH]c12)N1CCC(N2CCC[C@@H](O)C2)CC1. The second-order valence-electron chi connectivity index (χ2n) is 7.06. The number of aliphatic hydroxyl groups is 1. The number of likely N-dealkylation sites (tertiary alicyclic amines) is 2. The van der Waals surface area contributed by atoms with E-state index in [1.807, 2.05) is 35.4 Å². The van der Waals surface area contributed by atoms with Crippen LogP contribution in [0.25, 0.3) is 10.9 Å². The number of hydrogen-bond acceptors (Lipinski definition) is 3. The van der Waals surface area contributed by atoms with Gasteiger partial charge in [0, 0.05) is 37.3 Å². The first kappa shape index (κ1) is 15.7. The molecule has 2 aromatic rings. The molecule has 0 saturated carbocycles. The predicted octanol–water partition coefficient (Wildman–Crippen LogP) is 2.23. The summed E-state index contributed by atoms with van der Waals surface area (Å²) in [6, 6.07) is 8.39. The molecule has 1 amide bonds. The third kappa shape index (κ3) is 2.94. The lowest BCUT2D eigenvalue weighted by Crippen LogP contribution is -2.50. The molecule has 3 heterocycles. The molecule has 0 radical (unpaired) electrons. The summed E-state index contributed by atoms with van der Waals surface area (Å²) in [5.74, 6) is 0.125. The van der Waals surface area contributed by atoms with Gasteiger partial charge in [-0.2, -0.15) is 0 Å². The summed E-state index contributed by atoms with van der Waals surface area (Å²) in [4.78, 5) is 20.5. The monoisotopic (exact) mass is 327 g/mol. The van der Waals surface area contributed by atoms with Crippen molar-refractivity contribution in [3.05, 3.63) is 36.0 Å². The smallest absolute Gasteiger partial charge is 0.255 e. The number of carbonyl (C=O) groups excluding carboxylic acids is 1. The lowest BCUT2D eigenvalue weighted by molar-refractivity contribution is 0.0241. The van der Waals surface area contributed by atoms with Gasteiger partial charge in [-0.3, -0.25) is 9.69 Å². The van der Waals surface area contributed by atoms with Gasteiger partial charge in [0.1, 0.15) is 0 Å². The molecule has 0 spiro atoms. The quantitative estimate of drug-likeness (QED) is 0.889. The molecule has 0 unspecified atom stereocenters. The van der Waals surface area contributed by atoms with Crippen LogP contribution in [0.4, 0.5) is 0 Å². The maximum Gasteiger partial charge on any atom is 0.255 e. The molecule has 128 valence electrons. The molecule has 0 aliphatic carbocycles. The van der Waals surface area contributed by atoms with Crippen molar-refractivity contribution in [3.63, 3.8) is 0 Å². The number of para-hydroxylation sites is 1. The molecule has 1 atom stereocenters. The van der Waals surface area contributed by atoms with Crippen LogP contribution in [0.15, 0.2) is 30.5 Å². The molecular weight excluding hydrogens is 302 g/mol.